The SMILES string of the molecule is COc1c(C)cnc(CC(O)C2OCCC2C)c1C. The summed E-state index contributed by atoms with van der Waals surface area (Å²) in [5.74, 6) is 1.26. The van der Waals surface area contributed by atoms with Crippen LogP contribution in [0, 0.1) is 19.8 Å². The van der Waals surface area contributed by atoms with Crippen LogP contribution in [0.25, 0.3) is 0 Å². The van der Waals surface area contributed by atoms with Gasteiger partial charge in [0.2, 0.25) is 0 Å². The molecule has 0 radical (unpaired) electrons. The first-order valence-corrected chi connectivity index (χ1v) is 6.83. The first-order chi connectivity index (χ1) is 9.04. The quantitative estimate of drug-likeness (QED) is 0.905. The molecule has 19 heavy (non-hydrogen) atoms. The average molecular weight is 265 g/mol. The number of ether oxygens (including phenoxy) is 2. The Labute approximate surface area is 114 Å². The maximum absolute atomic E-state index is 10.3. The monoisotopic (exact) mass is 265 g/mol. The molecule has 1 saturated heterocycles. The van der Waals surface area contributed by atoms with Crippen LogP contribution in [-0.4, -0.2) is 36.0 Å². The van der Waals surface area contributed by atoms with E-state index >= 15 is 0 Å². The van der Waals surface area contributed by atoms with Gasteiger partial charge in [-0.1, -0.05) is 6.92 Å². The molecule has 3 unspecified atom stereocenters. The molecule has 3 atom stereocenters. The molecule has 1 aliphatic heterocycles. The minimum atomic E-state index is -0.504. The molecule has 1 fully saturated rings. The highest BCUT2D eigenvalue weighted by Crippen LogP contribution is 2.28. The molecular formula is C15H23NO3. The number of aromatic nitrogens is 1. The van der Waals surface area contributed by atoms with Gasteiger partial charge < -0.3 is 14.6 Å². The molecule has 0 spiro atoms. The molecule has 0 bridgehead atoms. The van der Waals surface area contributed by atoms with E-state index < -0.39 is 6.10 Å². The number of aryl methyl sites for hydroxylation is 1. The summed E-state index contributed by atoms with van der Waals surface area (Å²) in [6.45, 7) is 6.82. The van der Waals surface area contributed by atoms with Gasteiger partial charge in [-0.05, 0) is 26.2 Å². The number of hydrogen-bond acceptors (Lipinski definition) is 4. The highest BCUT2D eigenvalue weighted by molar-refractivity contribution is 5.41. The Bertz CT molecular complexity index is 447. The van der Waals surface area contributed by atoms with Gasteiger partial charge in [0.05, 0.1) is 19.3 Å². The third-order valence-electron chi connectivity index (χ3n) is 3.98. The van der Waals surface area contributed by atoms with E-state index in [0.29, 0.717) is 12.3 Å². The van der Waals surface area contributed by atoms with Gasteiger partial charge in [0.15, 0.2) is 0 Å². The van der Waals surface area contributed by atoms with Crippen molar-refractivity contribution in [1.82, 2.24) is 4.98 Å². The summed E-state index contributed by atoms with van der Waals surface area (Å²) >= 11 is 0. The first-order valence-electron chi connectivity index (χ1n) is 6.83. The van der Waals surface area contributed by atoms with Gasteiger partial charge in [-0.3, -0.25) is 4.98 Å². The van der Waals surface area contributed by atoms with E-state index in [9.17, 15) is 5.11 Å². The van der Waals surface area contributed by atoms with Crippen molar-refractivity contribution >= 4 is 0 Å². The predicted octanol–water partition coefficient (Wildman–Crippen LogP) is 2.04. The van der Waals surface area contributed by atoms with Gasteiger partial charge in [-0.15, -0.1) is 0 Å². The van der Waals surface area contributed by atoms with Crippen LogP contribution in [0.2, 0.25) is 0 Å². The molecule has 1 aliphatic rings. The van der Waals surface area contributed by atoms with Crippen molar-refractivity contribution < 1.29 is 14.6 Å². The lowest BCUT2D eigenvalue weighted by Crippen LogP contribution is -2.32. The van der Waals surface area contributed by atoms with Gasteiger partial charge in [0.25, 0.3) is 0 Å². The summed E-state index contributed by atoms with van der Waals surface area (Å²) in [4.78, 5) is 4.43. The van der Waals surface area contributed by atoms with Gasteiger partial charge in [-0.25, -0.2) is 0 Å². The summed E-state index contributed by atoms with van der Waals surface area (Å²) in [7, 11) is 1.66. The van der Waals surface area contributed by atoms with E-state index in [1.165, 1.54) is 0 Å². The molecular weight excluding hydrogens is 242 g/mol. The molecule has 106 valence electrons. The van der Waals surface area contributed by atoms with Crippen molar-refractivity contribution in [2.75, 3.05) is 13.7 Å². The Morgan fingerprint density at radius 3 is 2.84 bits per heavy atom. The van der Waals surface area contributed by atoms with Crippen LogP contribution < -0.4 is 4.74 Å². The van der Waals surface area contributed by atoms with E-state index in [-0.39, 0.29) is 6.10 Å². The van der Waals surface area contributed by atoms with Gasteiger partial charge in [0.1, 0.15) is 5.75 Å². The maximum Gasteiger partial charge on any atom is 0.128 e. The average Bonchev–Trinajstić information content (AvgIpc) is 2.80. The van der Waals surface area contributed by atoms with Gasteiger partial charge >= 0.3 is 0 Å². The van der Waals surface area contributed by atoms with Gasteiger partial charge in [-0.2, -0.15) is 0 Å². The van der Waals surface area contributed by atoms with Crippen LogP contribution in [0.3, 0.4) is 0 Å². The number of aliphatic hydroxyl groups excluding tert-OH is 1. The number of rotatable bonds is 4. The first kappa shape index (κ1) is 14.3. The Hall–Kier alpha value is -1.13. The lowest BCUT2D eigenvalue weighted by atomic mass is 9.95. The highest BCUT2D eigenvalue weighted by atomic mass is 16.5. The summed E-state index contributed by atoms with van der Waals surface area (Å²) < 4.78 is 11.0. The Balaban J connectivity index is 2.15. The fourth-order valence-corrected chi connectivity index (χ4v) is 2.80. The molecule has 0 amide bonds. The molecule has 4 nitrogen and oxygen atoms in total. The van der Waals surface area contributed by atoms with E-state index in [4.69, 9.17) is 9.47 Å². The zero-order valence-electron chi connectivity index (χ0n) is 12.1. The zero-order chi connectivity index (χ0) is 14.0. The molecule has 1 aromatic heterocycles. The summed E-state index contributed by atoms with van der Waals surface area (Å²) in [5.41, 5.74) is 2.91. The third-order valence-corrected chi connectivity index (χ3v) is 3.98. The lowest BCUT2D eigenvalue weighted by Gasteiger charge is -2.22. The third kappa shape index (κ3) is 2.90. The van der Waals surface area contributed by atoms with Crippen LogP contribution in [0.4, 0.5) is 0 Å². The molecule has 2 rings (SSSR count). The molecule has 0 saturated carbocycles. The highest BCUT2D eigenvalue weighted by Gasteiger charge is 2.31. The minimum Gasteiger partial charge on any atom is -0.496 e. The number of methoxy groups -OCH3 is 1. The van der Waals surface area contributed by atoms with Crippen LogP contribution >= 0.6 is 0 Å². The van der Waals surface area contributed by atoms with E-state index in [1.807, 2.05) is 13.8 Å². The molecule has 0 aliphatic carbocycles. The second-order valence-electron chi connectivity index (χ2n) is 5.42. The second-order valence-corrected chi connectivity index (χ2v) is 5.42. The molecule has 4 heteroatoms. The van der Waals surface area contributed by atoms with Crippen molar-refractivity contribution in [1.29, 1.82) is 0 Å². The van der Waals surface area contributed by atoms with Crippen LogP contribution in [-0.2, 0) is 11.2 Å². The Morgan fingerprint density at radius 1 is 1.53 bits per heavy atom. The predicted molar refractivity (Wildman–Crippen MR) is 73.5 cm³/mol. The summed E-state index contributed by atoms with van der Waals surface area (Å²) in [6.07, 6.45) is 2.75. The number of nitrogens with zero attached hydrogens (tertiary/aromatic N) is 1. The number of hydrogen-bond donors (Lipinski definition) is 1. The zero-order valence-corrected chi connectivity index (χ0v) is 12.1. The van der Waals surface area contributed by atoms with Crippen molar-refractivity contribution in [2.45, 2.75) is 45.8 Å². The van der Waals surface area contributed by atoms with Crippen LogP contribution in [0.15, 0.2) is 6.20 Å². The summed E-state index contributed by atoms with van der Waals surface area (Å²) in [6, 6.07) is 0. The van der Waals surface area contributed by atoms with Gasteiger partial charge in [0, 0.05) is 36.0 Å². The fraction of sp³-hybridized carbons (Fsp3) is 0.667. The van der Waals surface area contributed by atoms with Crippen molar-refractivity contribution in [3.63, 3.8) is 0 Å². The largest absolute Gasteiger partial charge is 0.496 e. The second kappa shape index (κ2) is 5.88. The smallest absolute Gasteiger partial charge is 0.128 e. The van der Waals surface area contributed by atoms with Crippen molar-refractivity contribution in [3.8, 4) is 5.75 Å². The minimum absolute atomic E-state index is 0.0755. The standard InChI is InChI=1S/C15H23NO3/c1-9-5-6-19-15(9)13(17)7-12-11(3)14(18-4)10(2)8-16-12/h8-9,13,15,17H,5-7H2,1-4H3. The van der Waals surface area contributed by atoms with Crippen molar-refractivity contribution in [3.05, 3.63) is 23.0 Å². The molecule has 2 heterocycles. The topological polar surface area (TPSA) is 51.6 Å². The summed E-state index contributed by atoms with van der Waals surface area (Å²) in [5, 5.41) is 10.3. The Morgan fingerprint density at radius 2 is 2.26 bits per heavy atom. The number of aliphatic hydroxyl groups is 1. The fourth-order valence-electron chi connectivity index (χ4n) is 2.80. The van der Waals surface area contributed by atoms with Crippen LogP contribution in [0.5, 0.6) is 5.75 Å². The molecule has 1 N–H and O–H groups in total. The Kier molecular flexibility index (Phi) is 4.42. The van der Waals surface area contributed by atoms with Crippen LogP contribution in [0.1, 0.15) is 30.2 Å². The van der Waals surface area contributed by atoms with E-state index in [1.54, 1.807) is 13.3 Å². The van der Waals surface area contributed by atoms with E-state index in [2.05, 4.69) is 11.9 Å². The lowest BCUT2D eigenvalue weighted by molar-refractivity contribution is -0.0162. The molecule has 1 aromatic rings. The number of pyridine rings is 1. The van der Waals surface area contributed by atoms with E-state index in [0.717, 1.165) is 35.6 Å². The normalized spacial score (nSPS) is 24.5. The van der Waals surface area contributed by atoms with Crippen molar-refractivity contribution in [2.24, 2.45) is 5.92 Å². The maximum atomic E-state index is 10.3. The molecule has 0 aromatic carbocycles.